The van der Waals surface area contributed by atoms with Crippen molar-refractivity contribution in [2.24, 2.45) is 5.92 Å². The molecule has 1 saturated carbocycles. The summed E-state index contributed by atoms with van der Waals surface area (Å²) in [6.45, 7) is 4.40. The molecule has 2 heteroatoms. The van der Waals surface area contributed by atoms with Gasteiger partial charge in [0.1, 0.15) is 0 Å². The van der Waals surface area contributed by atoms with Crippen molar-refractivity contribution >= 4 is 11.8 Å². The van der Waals surface area contributed by atoms with Crippen LogP contribution in [0.2, 0.25) is 0 Å². The third kappa shape index (κ3) is 3.52. The van der Waals surface area contributed by atoms with Gasteiger partial charge in [-0.05, 0) is 36.8 Å². The number of rotatable bonds is 4. The van der Waals surface area contributed by atoms with E-state index in [1.54, 1.807) is 0 Å². The predicted molar refractivity (Wildman–Crippen MR) is 79.0 cm³/mol. The standard InChI is InChI=1S/C16H24OS/c1-3-15(17)14-9-4-5-10-16(14)18-13-8-6-7-12(2)11-13/h4-5,9-10,12-13,15,17H,3,6-8,11H2,1-2H3/t12?,13?,15-/m1/s1. The quantitative estimate of drug-likeness (QED) is 0.843. The van der Waals surface area contributed by atoms with Gasteiger partial charge in [0.05, 0.1) is 6.10 Å². The Morgan fingerprint density at radius 1 is 1.33 bits per heavy atom. The maximum atomic E-state index is 10.1. The first-order chi connectivity index (χ1) is 8.70. The van der Waals surface area contributed by atoms with Gasteiger partial charge in [0.25, 0.3) is 0 Å². The minimum atomic E-state index is -0.310. The fraction of sp³-hybridized carbons (Fsp3) is 0.625. The van der Waals surface area contributed by atoms with Crippen LogP contribution < -0.4 is 0 Å². The average Bonchev–Trinajstić information content (AvgIpc) is 2.38. The second-order valence-electron chi connectivity index (χ2n) is 5.47. The summed E-state index contributed by atoms with van der Waals surface area (Å²) in [5.41, 5.74) is 1.11. The molecule has 1 nitrogen and oxygen atoms in total. The zero-order chi connectivity index (χ0) is 13.0. The fourth-order valence-corrected chi connectivity index (χ4v) is 4.31. The van der Waals surface area contributed by atoms with E-state index in [-0.39, 0.29) is 6.10 Å². The van der Waals surface area contributed by atoms with Crippen LogP contribution in [0.5, 0.6) is 0 Å². The Balaban J connectivity index is 2.08. The van der Waals surface area contributed by atoms with Crippen molar-refractivity contribution < 1.29 is 5.11 Å². The van der Waals surface area contributed by atoms with Crippen molar-refractivity contribution in [2.75, 3.05) is 0 Å². The van der Waals surface area contributed by atoms with E-state index in [0.29, 0.717) is 0 Å². The molecule has 1 N–H and O–H groups in total. The minimum Gasteiger partial charge on any atom is -0.388 e. The molecule has 1 aromatic carbocycles. The van der Waals surface area contributed by atoms with Crippen LogP contribution in [0.4, 0.5) is 0 Å². The predicted octanol–water partition coefficient (Wildman–Crippen LogP) is 4.80. The number of aliphatic hydroxyl groups excluding tert-OH is 1. The van der Waals surface area contributed by atoms with Crippen LogP contribution >= 0.6 is 11.8 Å². The molecule has 1 fully saturated rings. The Morgan fingerprint density at radius 2 is 2.11 bits per heavy atom. The van der Waals surface area contributed by atoms with E-state index in [0.717, 1.165) is 23.2 Å². The summed E-state index contributed by atoms with van der Waals surface area (Å²) >= 11 is 1.98. The molecule has 0 aliphatic heterocycles. The molecule has 1 aliphatic rings. The van der Waals surface area contributed by atoms with E-state index in [9.17, 15) is 5.11 Å². The van der Waals surface area contributed by atoms with Crippen molar-refractivity contribution in [1.29, 1.82) is 0 Å². The highest BCUT2D eigenvalue weighted by Gasteiger charge is 2.21. The maximum absolute atomic E-state index is 10.1. The molecule has 100 valence electrons. The SMILES string of the molecule is CC[C@@H](O)c1ccccc1SC1CCCC(C)C1. The first-order valence-corrected chi connectivity index (χ1v) is 8.02. The van der Waals surface area contributed by atoms with Crippen LogP contribution in [0.3, 0.4) is 0 Å². The lowest BCUT2D eigenvalue weighted by Crippen LogP contribution is -2.15. The molecule has 1 aromatic rings. The lowest BCUT2D eigenvalue weighted by Gasteiger charge is -2.27. The Kier molecular flexibility index (Phi) is 5.13. The summed E-state index contributed by atoms with van der Waals surface area (Å²) in [5, 5.41) is 10.8. The zero-order valence-corrected chi connectivity index (χ0v) is 12.2. The summed E-state index contributed by atoms with van der Waals surface area (Å²) in [6.07, 6.45) is 5.87. The number of thioether (sulfide) groups is 1. The highest BCUT2D eigenvalue weighted by Crippen LogP contribution is 2.39. The van der Waals surface area contributed by atoms with Crippen molar-refractivity contribution in [1.82, 2.24) is 0 Å². The van der Waals surface area contributed by atoms with E-state index in [1.807, 2.05) is 24.8 Å². The van der Waals surface area contributed by atoms with Crippen molar-refractivity contribution in [3.05, 3.63) is 29.8 Å². The molecular formula is C16H24OS. The first kappa shape index (κ1) is 14.0. The number of aliphatic hydroxyl groups is 1. The molecule has 2 unspecified atom stereocenters. The third-order valence-electron chi connectivity index (χ3n) is 3.85. The molecule has 1 aliphatic carbocycles. The van der Waals surface area contributed by atoms with Crippen LogP contribution in [0.15, 0.2) is 29.2 Å². The third-order valence-corrected chi connectivity index (χ3v) is 5.23. The minimum absolute atomic E-state index is 0.310. The highest BCUT2D eigenvalue weighted by molar-refractivity contribution is 8.00. The first-order valence-electron chi connectivity index (χ1n) is 7.14. The molecule has 0 saturated heterocycles. The van der Waals surface area contributed by atoms with Gasteiger partial charge < -0.3 is 5.11 Å². The molecule has 18 heavy (non-hydrogen) atoms. The van der Waals surface area contributed by atoms with E-state index < -0.39 is 0 Å². The summed E-state index contributed by atoms with van der Waals surface area (Å²) in [6, 6.07) is 8.35. The van der Waals surface area contributed by atoms with Gasteiger partial charge in [-0.2, -0.15) is 0 Å². The van der Waals surface area contributed by atoms with Gasteiger partial charge in [-0.1, -0.05) is 44.9 Å². The summed E-state index contributed by atoms with van der Waals surface area (Å²) in [4.78, 5) is 1.28. The zero-order valence-electron chi connectivity index (χ0n) is 11.4. The van der Waals surface area contributed by atoms with Gasteiger partial charge in [0, 0.05) is 10.1 Å². The fourth-order valence-electron chi connectivity index (χ4n) is 2.75. The van der Waals surface area contributed by atoms with Gasteiger partial charge in [-0.3, -0.25) is 0 Å². The second-order valence-corrected chi connectivity index (χ2v) is 6.82. The van der Waals surface area contributed by atoms with Crippen LogP contribution in [0, 0.1) is 5.92 Å². The van der Waals surface area contributed by atoms with Gasteiger partial charge >= 0.3 is 0 Å². The maximum Gasteiger partial charge on any atom is 0.0798 e. The Bertz CT molecular complexity index is 377. The van der Waals surface area contributed by atoms with E-state index >= 15 is 0 Å². The Hall–Kier alpha value is -0.470. The molecular weight excluding hydrogens is 240 g/mol. The van der Waals surface area contributed by atoms with E-state index in [4.69, 9.17) is 0 Å². The van der Waals surface area contributed by atoms with Crippen LogP contribution in [0.1, 0.15) is 57.6 Å². The Labute approximate surface area is 115 Å². The van der Waals surface area contributed by atoms with Crippen LogP contribution in [-0.2, 0) is 0 Å². The second kappa shape index (κ2) is 6.63. The topological polar surface area (TPSA) is 20.2 Å². The number of benzene rings is 1. The average molecular weight is 264 g/mol. The monoisotopic (exact) mass is 264 g/mol. The van der Waals surface area contributed by atoms with Crippen LogP contribution in [0.25, 0.3) is 0 Å². The Morgan fingerprint density at radius 3 is 2.83 bits per heavy atom. The molecule has 0 aromatic heterocycles. The molecule has 0 amide bonds. The molecule has 0 spiro atoms. The lowest BCUT2D eigenvalue weighted by molar-refractivity contribution is 0.171. The number of hydrogen-bond acceptors (Lipinski definition) is 2. The molecule has 0 radical (unpaired) electrons. The van der Waals surface area contributed by atoms with Crippen molar-refractivity contribution in [3.8, 4) is 0 Å². The van der Waals surface area contributed by atoms with Gasteiger partial charge in [-0.15, -0.1) is 11.8 Å². The summed E-state index contributed by atoms with van der Waals surface area (Å²) in [7, 11) is 0. The van der Waals surface area contributed by atoms with E-state index in [2.05, 4.69) is 25.1 Å². The van der Waals surface area contributed by atoms with Crippen molar-refractivity contribution in [3.63, 3.8) is 0 Å². The smallest absolute Gasteiger partial charge is 0.0798 e. The van der Waals surface area contributed by atoms with Gasteiger partial charge in [0.15, 0.2) is 0 Å². The highest BCUT2D eigenvalue weighted by atomic mass is 32.2. The number of hydrogen-bond donors (Lipinski definition) is 1. The van der Waals surface area contributed by atoms with Gasteiger partial charge in [0.2, 0.25) is 0 Å². The largest absolute Gasteiger partial charge is 0.388 e. The lowest BCUT2D eigenvalue weighted by atomic mass is 9.91. The van der Waals surface area contributed by atoms with E-state index in [1.165, 1.54) is 30.6 Å². The van der Waals surface area contributed by atoms with Crippen molar-refractivity contribution in [2.45, 2.75) is 62.2 Å². The molecule has 0 bridgehead atoms. The van der Waals surface area contributed by atoms with Crippen LogP contribution in [-0.4, -0.2) is 10.4 Å². The normalized spacial score (nSPS) is 25.9. The summed E-state index contributed by atoms with van der Waals surface area (Å²) < 4.78 is 0. The summed E-state index contributed by atoms with van der Waals surface area (Å²) in [5.74, 6) is 0.861. The molecule has 3 atom stereocenters. The van der Waals surface area contributed by atoms with Gasteiger partial charge in [-0.25, -0.2) is 0 Å². The molecule has 0 heterocycles. The molecule has 2 rings (SSSR count).